The molecule has 0 aromatic heterocycles. The normalized spacial score (nSPS) is 22.1. The molecule has 0 aliphatic carbocycles. The summed E-state index contributed by atoms with van der Waals surface area (Å²) in [6.45, 7) is 0.262. The summed E-state index contributed by atoms with van der Waals surface area (Å²) in [6.07, 6.45) is -4.23. The molecule has 1 atom stereocenters. The highest BCUT2D eigenvalue weighted by atomic mass is 19.4. The maximum Gasteiger partial charge on any atom is 0.401 e. The second-order valence-electron chi connectivity index (χ2n) is 4.36. The third kappa shape index (κ3) is 3.43. The van der Waals surface area contributed by atoms with Crippen molar-refractivity contribution in [3.63, 3.8) is 0 Å². The van der Waals surface area contributed by atoms with Crippen LogP contribution >= 0.6 is 0 Å². The summed E-state index contributed by atoms with van der Waals surface area (Å²) in [5.74, 6) is -0.426. The van der Waals surface area contributed by atoms with Crippen molar-refractivity contribution in [1.29, 1.82) is 0 Å². The molecule has 0 saturated carbocycles. The zero-order valence-electron chi connectivity index (χ0n) is 9.67. The van der Waals surface area contributed by atoms with Gasteiger partial charge in [-0.05, 0) is 17.7 Å². The molecule has 2 rings (SSSR count). The first kappa shape index (κ1) is 13.3. The van der Waals surface area contributed by atoms with E-state index in [-0.39, 0.29) is 0 Å². The first-order chi connectivity index (χ1) is 8.46. The fourth-order valence-electron chi connectivity index (χ4n) is 2.21. The lowest BCUT2D eigenvalue weighted by Gasteiger charge is -2.36. The van der Waals surface area contributed by atoms with Gasteiger partial charge in [0.2, 0.25) is 0 Å². The lowest BCUT2D eigenvalue weighted by atomic mass is 10.0. The van der Waals surface area contributed by atoms with Gasteiger partial charge in [0.1, 0.15) is 5.82 Å². The van der Waals surface area contributed by atoms with E-state index >= 15 is 0 Å². The Morgan fingerprint density at radius 1 is 1.33 bits per heavy atom. The lowest BCUT2D eigenvalue weighted by Crippen LogP contribution is -2.49. The van der Waals surface area contributed by atoms with Gasteiger partial charge >= 0.3 is 6.18 Å². The SMILES string of the molecule is Fc1cccc(C2CNCCN2CC(F)(F)F)c1. The summed E-state index contributed by atoms with van der Waals surface area (Å²) in [6, 6.07) is 5.32. The number of nitrogens with one attached hydrogen (secondary N) is 1. The van der Waals surface area contributed by atoms with Gasteiger partial charge in [0, 0.05) is 25.7 Å². The van der Waals surface area contributed by atoms with Crippen LogP contribution in [0.3, 0.4) is 0 Å². The van der Waals surface area contributed by atoms with Crippen LogP contribution in [0.1, 0.15) is 11.6 Å². The van der Waals surface area contributed by atoms with E-state index in [0.29, 0.717) is 25.2 Å². The van der Waals surface area contributed by atoms with E-state index in [1.54, 1.807) is 6.07 Å². The smallest absolute Gasteiger partial charge is 0.314 e. The lowest BCUT2D eigenvalue weighted by molar-refractivity contribution is -0.152. The Morgan fingerprint density at radius 2 is 2.11 bits per heavy atom. The van der Waals surface area contributed by atoms with Crippen molar-refractivity contribution >= 4 is 0 Å². The molecule has 1 unspecified atom stereocenters. The molecule has 18 heavy (non-hydrogen) atoms. The molecule has 0 amide bonds. The Kier molecular flexibility index (Phi) is 3.87. The zero-order chi connectivity index (χ0) is 13.2. The van der Waals surface area contributed by atoms with Crippen LogP contribution in [0.2, 0.25) is 0 Å². The van der Waals surface area contributed by atoms with Crippen LogP contribution in [-0.4, -0.2) is 37.3 Å². The molecular weight excluding hydrogens is 248 g/mol. The summed E-state index contributed by atoms with van der Waals surface area (Å²) in [7, 11) is 0. The standard InChI is InChI=1S/C12H14F4N2/c13-10-3-1-2-9(6-10)11-7-17-4-5-18(11)8-12(14,15)16/h1-3,6,11,17H,4-5,7-8H2. The Hall–Kier alpha value is -1.14. The topological polar surface area (TPSA) is 15.3 Å². The van der Waals surface area contributed by atoms with E-state index in [2.05, 4.69) is 5.32 Å². The number of alkyl halides is 3. The molecule has 2 nitrogen and oxygen atoms in total. The minimum absolute atomic E-state index is 0.306. The van der Waals surface area contributed by atoms with Crippen LogP contribution in [0.15, 0.2) is 24.3 Å². The molecule has 0 spiro atoms. The summed E-state index contributed by atoms with van der Waals surface area (Å²) < 4.78 is 50.5. The largest absolute Gasteiger partial charge is 0.401 e. The number of rotatable bonds is 2. The minimum Gasteiger partial charge on any atom is -0.314 e. The Labute approximate surface area is 103 Å². The van der Waals surface area contributed by atoms with Gasteiger partial charge in [-0.1, -0.05) is 12.1 Å². The molecule has 6 heteroatoms. The van der Waals surface area contributed by atoms with Crippen LogP contribution in [-0.2, 0) is 0 Å². The second-order valence-corrected chi connectivity index (χ2v) is 4.36. The first-order valence-corrected chi connectivity index (χ1v) is 5.73. The third-order valence-electron chi connectivity index (χ3n) is 2.97. The van der Waals surface area contributed by atoms with Crippen LogP contribution in [0.5, 0.6) is 0 Å². The molecule has 1 N–H and O–H groups in total. The van der Waals surface area contributed by atoms with Gasteiger partial charge in [0.25, 0.3) is 0 Å². The molecule has 100 valence electrons. The predicted octanol–water partition coefficient (Wildman–Crippen LogP) is 2.33. The number of hydrogen-bond acceptors (Lipinski definition) is 2. The van der Waals surface area contributed by atoms with Crippen molar-refractivity contribution in [3.05, 3.63) is 35.6 Å². The fourth-order valence-corrected chi connectivity index (χ4v) is 2.21. The Bertz CT molecular complexity index is 405. The maximum absolute atomic E-state index is 13.1. The quantitative estimate of drug-likeness (QED) is 0.823. The first-order valence-electron chi connectivity index (χ1n) is 5.73. The van der Waals surface area contributed by atoms with Crippen molar-refractivity contribution < 1.29 is 17.6 Å². The number of piperazine rings is 1. The molecule has 1 aliphatic heterocycles. The number of benzene rings is 1. The monoisotopic (exact) mass is 262 g/mol. The summed E-state index contributed by atoms with van der Waals surface area (Å²) in [5, 5.41) is 3.04. The van der Waals surface area contributed by atoms with Crippen LogP contribution in [0.4, 0.5) is 17.6 Å². The van der Waals surface area contributed by atoms with Crippen LogP contribution < -0.4 is 5.32 Å². The average Bonchev–Trinajstić information content (AvgIpc) is 2.27. The number of halogens is 4. The zero-order valence-corrected chi connectivity index (χ0v) is 9.67. The van der Waals surface area contributed by atoms with Crippen LogP contribution in [0, 0.1) is 5.82 Å². The van der Waals surface area contributed by atoms with Gasteiger partial charge in [0.15, 0.2) is 0 Å². The highest BCUT2D eigenvalue weighted by Crippen LogP contribution is 2.27. The van der Waals surface area contributed by atoms with E-state index < -0.39 is 24.6 Å². The maximum atomic E-state index is 13.1. The minimum atomic E-state index is -4.23. The van der Waals surface area contributed by atoms with E-state index in [1.807, 2.05) is 0 Å². The van der Waals surface area contributed by atoms with Gasteiger partial charge in [-0.25, -0.2) is 4.39 Å². The predicted molar refractivity (Wildman–Crippen MR) is 59.6 cm³/mol. The number of hydrogen-bond donors (Lipinski definition) is 1. The van der Waals surface area contributed by atoms with Gasteiger partial charge in [-0.2, -0.15) is 13.2 Å². The van der Waals surface area contributed by atoms with Crippen molar-refractivity contribution in [2.75, 3.05) is 26.2 Å². The molecule has 1 heterocycles. The van der Waals surface area contributed by atoms with Gasteiger partial charge in [-0.3, -0.25) is 4.90 Å². The summed E-state index contributed by atoms with van der Waals surface area (Å²) in [5.41, 5.74) is 0.575. The molecule has 1 fully saturated rings. The average molecular weight is 262 g/mol. The molecule has 1 aromatic rings. The van der Waals surface area contributed by atoms with E-state index in [1.165, 1.54) is 23.1 Å². The van der Waals surface area contributed by atoms with Crippen molar-refractivity contribution in [1.82, 2.24) is 10.2 Å². The van der Waals surface area contributed by atoms with E-state index in [9.17, 15) is 17.6 Å². The molecule has 0 radical (unpaired) electrons. The van der Waals surface area contributed by atoms with Gasteiger partial charge in [0.05, 0.1) is 6.54 Å². The summed E-state index contributed by atoms with van der Waals surface area (Å²) in [4.78, 5) is 1.34. The Morgan fingerprint density at radius 3 is 2.78 bits per heavy atom. The molecular formula is C12H14F4N2. The molecule has 1 aliphatic rings. The van der Waals surface area contributed by atoms with Gasteiger partial charge < -0.3 is 5.32 Å². The summed E-state index contributed by atoms with van der Waals surface area (Å²) >= 11 is 0. The molecule has 1 saturated heterocycles. The van der Waals surface area contributed by atoms with Crippen LogP contribution in [0.25, 0.3) is 0 Å². The highest BCUT2D eigenvalue weighted by Gasteiger charge is 2.35. The van der Waals surface area contributed by atoms with Crippen molar-refractivity contribution in [3.8, 4) is 0 Å². The van der Waals surface area contributed by atoms with E-state index in [4.69, 9.17) is 0 Å². The van der Waals surface area contributed by atoms with E-state index in [0.717, 1.165) is 0 Å². The van der Waals surface area contributed by atoms with Crippen molar-refractivity contribution in [2.45, 2.75) is 12.2 Å². The fraction of sp³-hybridized carbons (Fsp3) is 0.500. The van der Waals surface area contributed by atoms with Crippen molar-refractivity contribution in [2.24, 2.45) is 0 Å². The highest BCUT2D eigenvalue weighted by molar-refractivity contribution is 5.21. The second kappa shape index (κ2) is 5.24. The third-order valence-corrected chi connectivity index (χ3v) is 2.97. The Balaban J connectivity index is 2.17. The molecule has 0 bridgehead atoms. The number of nitrogens with zero attached hydrogens (tertiary/aromatic N) is 1. The van der Waals surface area contributed by atoms with Gasteiger partial charge in [-0.15, -0.1) is 0 Å². The molecule has 1 aromatic carbocycles.